The van der Waals surface area contributed by atoms with Crippen LogP contribution < -0.4 is 5.73 Å². The molecule has 4 heteroatoms. The van der Waals surface area contributed by atoms with Crippen LogP contribution in [-0.2, 0) is 0 Å². The van der Waals surface area contributed by atoms with Crippen molar-refractivity contribution < 1.29 is 9.18 Å². The number of carbonyl (C=O) groups is 1. The molecule has 0 aliphatic rings. The Labute approximate surface area is 121 Å². The largest absolute Gasteiger partial charge is 0.398 e. The van der Waals surface area contributed by atoms with Crippen LogP contribution in [-0.4, -0.2) is 5.78 Å². The maximum atomic E-state index is 13.3. The Balaban J connectivity index is 2.29. The fourth-order valence-corrected chi connectivity index (χ4v) is 1.90. The van der Waals surface area contributed by atoms with Gasteiger partial charge in [-0.15, -0.1) is 0 Å². The number of ketones is 1. The van der Waals surface area contributed by atoms with E-state index < -0.39 is 5.82 Å². The second kappa shape index (κ2) is 5.88. The number of hydrogen-bond donors (Lipinski definition) is 1. The third-order valence-electron chi connectivity index (χ3n) is 2.84. The normalized spacial score (nSPS) is 11.4. The van der Waals surface area contributed by atoms with Crippen LogP contribution in [0, 0.1) is 12.7 Å². The van der Waals surface area contributed by atoms with Gasteiger partial charge in [-0.25, -0.2) is 4.39 Å². The number of nitrogens with two attached hydrogens (primary N) is 1. The first-order valence-corrected chi connectivity index (χ1v) is 6.39. The van der Waals surface area contributed by atoms with Crippen LogP contribution in [0.15, 0.2) is 48.5 Å². The van der Waals surface area contributed by atoms with E-state index in [1.165, 1.54) is 18.2 Å². The predicted octanol–water partition coefficient (Wildman–Crippen LogP) is 3.97. The summed E-state index contributed by atoms with van der Waals surface area (Å²) < 4.78 is 13.3. The highest BCUT2D eigenvalue weighted by molar-refractivity contribution is 6.30. The lowest BCUT2D eigenvalue weighted by atomic mass is 10.1. The smallest absolute Gasteiger partial charge is 0.188 e. The first-order chi connectivity index (χ1) is 9.47. The molecule has 0 aromatic heterocycles. The molecule has 0 amide bonds. The summed E-state index contributed by atoms with van der Waals surface area (Å²) in [4.78, 5) is 12.0. The molecule has 0 unspecified atom stereocenters. The lowest BCUT2D eigenvalue weighted by Gasteiger charge is -2.03. The molecular formula is C16H13ClFNO. The first-order valence-electron chi connectivity index (χ1n) is 6.01. The summed E-state index contributed by atoms with van der Waals surface area (Å²) in [5.41, 5.74) is 8.25. The molecule has 2 aromatic rings. The van der Waals surface area contributed by atoms with Crippen LogP contribution in [0.5, 0.6) is 0 Å². The molecule has 0 bridgehead atoms. The summed E-state index contributed by atoms with van der Waals surface area (Å²) >= 11 is 5.58. The van der Waals surface area contributed by atoms with Gasteiger partial charge in [-0.05, 0) is 36.8 Å². The average molecular weight is 290 g/mol. The number of aryl methyl sites for hydroxylation is 1. The van der Waals surface area contributed by atoms with E-state index in [-0.39, 0.29) is 16.4 Å². The number of carbonyl (C=O) groups excluding carboxylic acids is 1. The molecule has 102 valence electrons. The monoisotopic (exact) mass is 289 g/mol. The molecule has 0 aliphatic heterocycles. The number of hydrogen-bond acceptors (Lipinski definition) is 2. The van der Waals surface area contributed by atoms with Crippen molar-refractivity contribution in [2.75, 3.05) is 0 Å². The summed E-state index contributed by atoms with van der Waals surface area (Å²) in [5.74, 6) is -0.986. The van der Waals surface area contributed by atoms with Crippen molar-refractivity contribution in [3.63, 3.8) is 0 Å². The van der Waals surface area contributed by atoms with Gasteiger partial charge in [0, 0.05) is 17.3 Å². The Kier molecular flexibility index (Phi) is 4.20. The zero-order chi connectivity index (χ0) is 14.7. The molecule has 0 radical (unpaired) electrons. The molecule has 2 N–H and O–H groups in total. The second-order valence-electron chi connectivity index (χ2n) is 4.46. The standard InChI is InChI=1S/C16H13ClFNO/c1-10-3-2-4-11(7-10)15(19)9-16(20)12-5-6-13(17)14(18)8-12/h2-9H,19H2,1H3/b15-9-. The average Bonchev–Trinajstić information content (AvgIpc) is 2.41. The summed E-state index contributed by atoms with van der Waals surface area (Å²) in [6.07, 6.45) is 1.29. The molecular weight excluding hydrogens is 277 g/mol. The van der Waals surface area contributed by atoms with Gasteiger partial charge in [0.05, 0.1) is 5.02 Å². The lowest BCUT2D eigenvalue weighted by molar-refractivity contribution is 0.104. The highest BCUT2D eigenvalue weighted by Crippen LogP contribution is 2.17. The zero-order valence-electron chi connectivity index (χ0n) is 10.9. The van der Waals surface area contributed by atoms with Crippen molar-refractivity contribution in [3.8, 4) is 0 Å². The van der Waals surface area contributed by atoms with Gasteiger partial charge >= 0.3 is 0 Å². The van der Waals surface area contributed by atoms with Crippen molar-refractivity contribution in [2.24, 2.45) is 5.73 Å². The Hall–Kier alpha value is -2.13. The Bertz CT molecular complexity index is 695. The Morgan fingerprint density at radius 1 is 1.20 bits per heavy atom. The lowest BCUT2D eigenvalue weighted by Crippen LogP contribution is -2.03. The highest BCUT2D eigenvalue weighted by Gasteiger charge is 2.08. The van der Waals surface area contributed by atoms with Crippen LogP contribution >= 0.6 is 11.6 Å². The third-order valence-corrected chi connectivity index (χ3v) is 3.15. The molecule has 2 nitrogen and oxygen atoms in total. The van der Waals surface area contributed by atoms with Gasteiger partial charge in [0.25, 0.3) is 0 Å². The van der Waals surface area contributed by atoms with Gasteiger partial charge < -0.3 is 5.73 Å². The Morgan fingerprint density at radius 2 is 1.95 bits per heavy atom. The molecule has 2 aromatic carbocycles. The van der Waals surface area contributed by atoms with Gasteiger partial charge in [0.15, 0.2) is 5.78 Å². The van der Waals surface area contributed by atoms with E-state index in [1.54, 1.807) is 0 Å². The van der Waals surface area contributed by atoms with Crippen LogP contribution in [0.1, 0.15) is 21.5 Å². The van der Waals surface area contributed by atoms with Gasteiger partial charge in [0.1, 0.15) is 5.82 Å². The molecule has 2 rings (SSSR count). The minimum absolute atomic E-state index is 0.0165. The summed E-state index contributed by atoms with van der Waals surface area (Å²) in [6, 6.07) is 11.4. The van der Waals surface area contributed by atoms with Gasteiger partial charge in [0.2, 0.25) is 0 Å². The van der Waals surface area contributed by atoms with Crippen molar-refractivity contribution in [1.29, 1.82) is 0 Å². The molecule has 0 atom stereocenters. The second-order valence-corrected chi connectivity index (χ2v) is 4.87. The van der Waals surface area contributed by atoms with E-state index in [4.69, 9.17) is 17.3 Å². The van der Waals surface area contributed by atoms with Gasteiger partial charge in [-0.3, -0.25) is 4.79 Å². The van der Waals surface area contributed by atoms with Crippen molar-refractivity contribution in [2.45, 2.75) is 6.92 Å². The number of allylic oxidation sites excluding steroid dienone is 1. The van der Waals surface area contributed by atoms with Crippen LogP contribution in [0.2, 0.25) is 5.02 Å². The van der Waals surface area contributed by atoms with E-state index in [0.717, 1.165) is 17.2 Å². The molecule has 0 saturated heterocycles. The van der Waals surface area contributed by atoms with Crippen molar-refractivity contribution in [1.82, 2.24) is 0 Å². The van der Waals surface area contributed by atoms with E-state index in [1.807, 2.05) is 31.2 Å². The molecule has 0 heterocycles. The zero-order valence-corrected chi connectivity index (χ0v) is 11.6. The number of rotatable bonds is 3. The molecule has 20 heavy (non-hydrogen) atoms. The van der Waals surface area contributed by atoms with E-state index in [0.29, 0.717) is 5.70 Å². The maximum Gasteiger partial charge on any atom is 0.188 e. The fraction of sp³-hybridized carbons (Fsp3) is 0.0625. The number of benzene rings is 2. The highest BCUT2D eigenvalue weighted by atomic mass is 35.5. The minimum Gasteiger partial charge on any atom is -0.398 e. The van der Waals surface area contributed by atoms with Crippen LogP contribution in [0.4, 0.5) is 4.39 Å². The molecule has 0 aliphatic carbocycles. The van der Waals surface area contributed by atoms with Gasteiger partial charge in [-0.2, -0.15) is 0 Å². The maximum absolute atomic E-state index is 13.3. The Morgan fingerprint density at radius 3 is 2.60 bits per heavy atom. The van der Waals surface area contributed by atoms with Crippen molar-refractivity contribution in [3.05, 3.63) is 76.1 Å². The number of halogens is 2. The van der Waals surface area contributed by atoms with Crippen molar-refractivity contribution >= 4 is 23.1 Å². The van der Waals surface area contributed by atoms with E-state index in [9.17, 15) is 9.18 Å². The quantitative estimate of drug-likeness (QED) is 0.686. The summed E-state index contributed by atoms with van der Waals surface area (Å²) in [5, 5.41) is -0.0165. The summed E-state index contributed by atoms with van der Waals surface area (Å²) in [6.45, 7) is 1.94. The van der Waals surface area contributed by atoms with E-state index in [2.05, 4.69) is 0 Å². The first kappa shape index (κ1) is 14.3. The van der Waals surface area contributed by atoms with Gasteiger partial charge in [-0.1, -0.05) is 35.4 Å². The molecule has 0 fully saturated rings. The minimum atomic E-state index is -0.625. The topological polar surface area (TPSA) is 43.1 Å². The fourth-order valence-electron chi connectivity index (χ4n) is 1.78. The predicted molar refractivity (Wildman–Crippen MR) is 79.1 cm³/mol. The van der Waals surface area contributed by atoms with E-state index >= 15 is 0 Å². The van der Waals surface area contributed by atoms with Crippen LogP contribution in [0.25, 0.3) is 5.70 Å². The third kappa shape index (κ3) is 3.25. The SMILES string of the molecule is Cc1cccc(/C(N)=C/C(=O)c2ccc(Cl)c(F)c2)c1. The molecule has 0 saturated carbocycles. The molecule has 0 spiro atoms. The van der Waals surface area contributed by atoms with Crippen LogP contribution in [0.3, 0.4) is 0 Å². The summed E-state index contributed by atoms with van der Waals surface area (Å²) in [7, 11) is 0.